The molecule has 0 saturated heterocycles. The van der Waals surface area contributed by atoms with Crippen LogP contribution in [0.4, 0.5) is 0 Å². The Morgan fingerprint density at radius 1 is 0.448 bits per heavy atom. The first-order chi connectivity index (χ1) is 13.2. The Hall–Kier alpha value is -1.27. The summed E-state index contributed by atoms with van der Waals surface area (Å²) in [6.07, 6.45) is 0. The van der Waals surface area contributed by atoms with Gasteiger partial charge in [-0.1, -0.05) is 114 Å². The summed E-state index contributed by atoms with van der Waals surface area (Å²) in [4.78, 5) is 1.55. The molecule has 0 heterocycles. The molecule has 0 N–H and O–H groups in total. The van der Waals surface area contributed by atoms with Crippen molar-refractivity contribution in [2.24, 2.45) is 0 Å². The summed E-state index contributed by atoms with van der Waals surface area (Å²) in [5, 5.41) is 5.13. The van der Waals surface area contributed by atoms with Gasteiger partial charge in [0.15, 0.2) is 8.07 Å². The molecule has 4 rings (SSSR count). The van der Waals surface area contributed by atoms with Crippen LogP contribution < -0.4 is 58.5 Å². The Balaban J connectivity index is 0.00000150. The largest absolute Gasteiger partial charge is 1.00 e. The van der Waals surface area contributed by atoms with Crippen LogP contribution >= 0.6 is 0 Å². The Labute approximate surface area is 209 Å². The SMILES string of the molecule is [Li+].[Li+].[S-]c1cccc([Si](c2ccccc2)(c2ccccc2)c2ccccc2)c1[S-]. The van der Waals surface area contributed by atoms with Crippen molar-refractivity contribution in [3.05, 3.63) is 109 Å². The zero-order valence-electron chi connectivity index (χ0n) is 16.7. The first-order valence-corrected chi connectivity index (χ1v) is 11.7. The van der Waals surface area contributed by atoms with Crippen LogP contribution in [-0.4, -0.2) is 8.07 Å². The van der Waals surface area contributed by atoms with E-state index in [0.29, 0.717) is 0 Å². The van der Waals surface area contributed by atoms with Gasteiger partial charge in [-0.15, -0.1) is 0 Å². The Morgan fingerprint density at radius 2 is 0.828 bits per heavy atom. The molecule has 0 atom stereocenters. The van der Waals surface area contributed by atoms with Gasteiger partial charge in [0.05, 0.1) is 0 Å². The topological polar surface area (TPSA) is 0 Å². The molecule has 0 aliphatic carbocycles. The monoisotopic (exact) mass is 412 g/mol. The maximum atomic E-state index is 5.87. The van der Waals surface area contributed by atoms with Crippen molar-refractivity contribution in [2.45, 2.75) is 9.79 Å². The van der Waals surface area contributed by atoms with Gasteiger partial charge in [-0.2, -0.15) is 9.79 Å². The first kappa shape index (κ1) is 24.0. The minimum Gasteiger partial charge on any atom is -0.781 e. The average Bonchev–Trinajstić information content (AvgIpc) is 2.74. The van der Waals surface area contributed by atoms with Gasteiger partial charge >= 0.3 is 37.7 Å². The van der Waals surface area contributed by atoms with Crippen LogP contribution in [0.25, 0.3) is 0 Å². The van der Waals surface area contributed by atoms with Gasteiger partial charge in [-0.25, -0.2) is 0 Å². The summed E-state index contributed by atoms with van der Waals surface area (Å²) < 4.78 is 0. The van der Waals surface area contributed by atoms with E-state index in [-0.39, 0.29) is 37.7 Å². The van der Waals surface area contributed by atoms with Gasteiger partial charge in [-0.05, 0) is 15.6 Å². The number of hydrogen-bond donors (Lipinski definition) is 0. The summed E-state index contributed by atoms with van der Waals surface area (Å²) in [7, 11) is -2.55. The fourth-order valence-corrected chi connectivity index (χ4v) is 9.55. The molecule has 0 aliphatic heterocycles. The number of rotatable bonds is 4. The molecule has 4 aromatic rings. The molecule has 4 aromatic carbocycles. The van der Waals surface area contributed by atoms with Crippen LogP contribution in [0.3, 0.4) is 0 Å². The van der Waals surface area contributed by atoms with Crippen LogP contribution in [0.15, 0.2) is 119 Å². The molecule has 0 spiro atoms. The molecule has 0 bridgehead atoms. The second-order valence-electron chi connectivity index (χ2n) is 6.48. The second-order valence-corrected chi connectivity index (χ2v) is 11.1. The second kappa shape index (κ2) is 10.7. The van der Waals surface area contributed by atoms with E-state index in [1.165, 1.54) is 20.7 Å². The Kier molecular flexibility index (Phi) is 8.83. The zero-order valence-corrected chi connectivity index (χ0v) is 19.3. The van der Waals surface area contributed by atoms with Crippen LogP contribution in [-0.2, 0) is 25.3 Å². The molecule has 0 unspecified atom stereocenters. The third kappa shape index (κ3) is 4.43. The van der Waals surface area contributed by atoms with Crippen molar-refractivity contribution in [3.8, 4) is 0 Å². The van der Waals surface area contributed by atoms with Crippen LogP contribution in [0.1, 0.15) is 0 Å². The number of benzene rings is 4. The van der Waals surface area contributed by atoms with Gasteiger partial charge in [-0.3, -0.25) is 0 Å². The molecule has 0 aliphatic rings. The fourth-order valence-electron chi connectivity index (χ4n) is 3.84. The predicted molar refractivity (Wildman–Crippen MR) is 121 cm³/mol. The maximum Gasteiger partial charge on any atom is 1.00 e. The molecular weight excluding hydrogens is 394 g/mol. The predicted octanol–water partition coefficient (Wildman–Crippen LogP) is -3.12. The van der Waals surface area contributed by atoms with E-state index in [1.807, 2.05) is 12.1 Å². The van der Waals surface area contributed by atoms with Crippen LogP contribution in [0.5, 0.6) is 0 Å². The van der Waals surface area contributed by atoms with E-state index >= 15 is 0 Å². The van der Waals surface area contributed by atoms with Gasteiger partial charge < -0.3 is 25.3 Å². The van der Waals surface area contributed by atoms with E-state index in [0.717, 1.165) is 9.79 Å². The molecule has 0 nitrogen and oxygen atoms in total. The quantitative estimate of drug-likeness (QED) is 0.198. The van der Waals surface area contributed by atoms with Gasteiger partial charge in [0.25, 0.3) is 0 Å². The Bertz CT molecular complexity index is 946. The van der Waals surface area contributed by atoms with Gasteiger partial charge in [0, 0.05) is 0 Å². The van der Waals surface area contributed by atoms with Crippen molar-refractivity contribution in [3.63, 3.8) is 0 Å². The normalized spacial score (nSPS) is 10.5. The molecule has 132 valence electrons. The summed E-state index contributed by atoms with van der Waals surface area (Å²) in [5.41, 5.74) is 0. The third-order valence-electron chi connectivity index (χ3n) is 5.00. The van der Waals surface area contributed by atoms with E-state index < -0.39 is 8.07 Å². The fraction of sp³-hybridized carbons (Fsp3) is 0. The summed E-state index contributed by atoms with van der Waals surface area (Å²) >= 11 is 11.4. The molecule has 0 radical (unpaired) electrons. The molecule has 29 heavy (non-hydrogen) atoms. The van der Waals surface area contributed by atoms with E-state index in [1.54, 1.807) is 0 Å². The van der Waals surface area contributed by atoms with Gasteiger partial charge in [0.2, 0.25) is 0 Å². The molecule has 5 heteroatoms. The molecule has 0 amide bonds. The minimum atomic E-state index is -2.55. The summed E-state index contributed by atoms with van der Waals surface area (Å²) in [6.45, 7) is 0. The van der Waals surface area contributed by atoms with E-state index in [9.17, 15) is 0 Å². The Morgan fingerprint density at radius 3 is 1.21 bits per heavy atom. The molecule has 0 fully saturated rings. The van der Waals surface area contributed by atoms with E-state index in [2.05, 4.69) is 97.1 Å². The van der Waals surface area contributed by atoms with Crippen LogP contribution in [0.2, 0.25) is 0 Å². The molecular formula is C24H18Li2S2Si. The van der Waals surface area contributed by atoms with Gasteiger partial charge in [0.1, 0.15) is 0 Å². The van der Waals surface area contributed by atoms with Crippen molar-refractivity contribution in [1.82, 2.24) is 0 Å². The van der Waals surface area contributed by atoms with Crippen molar-refractivity contribution >= 4 is 54.1 Å². The average molecular weight is 413 g/mol. The van der Waals surface area contributed by atoms with Crippen molar-refractivity contribution < 1.29 is 37.7 Å². The standard InChI is InChI=1S/C24H20S2Si.2Li/c25-22-17-10-18-23(24(22)26)27(19-11-4-1-5-12-19,20-13-6-2-7-14-20)21-15-8-3-9-16-21;;/h1-18,25-26H;;/q;2*+1/p-2. The zero-order chi connectivity index (χ0) is 18.7. The molecule has 0 saturated carbocycles. The summed E-state index contributed by atoms with van der Waals surface area (Å²) in [6, 6.07) is 38.4. The maximum absolute atomic E-state index is 5.87. The van der Waals surface area contributed by atoms with Crippen molar-refractivity contribution in [1.29, 1.82) is 0 Å². The smallest absolute Gasteiger partial charge is 0.781 e. The first-order valence-electron chi connectivity index (χ1n) is 8.88. The number of hydrogen-bond acceptors (Lipinski definition) is 2. The molecule has 0 aromatic heterocycles. The van der Waals surface area contributed by atoms with Crippen LogP contribution in [0, 0.1) is 0 Å². The summed E-state index contributed by atoms with van der Waals surface area (Å²) in [5.74, 6) is 0. The van der Waals surface area contributed by atoms with E-state index in [4.69, 9.17) is 25.3 Å². The van der Waals surface area contributed by atoms with Crippen molar-refractivity contribution in [2.75, 3.05) is 0 Å². The minimum absolute atomic E-state index is 0. The third-order valence-corrected chi connectivity index (χ3v) is 10.9.